The number of piperidine rings is 1. The molecule has 4 heteroatoms. The Kier molecular flexibility index (Phi) is 4.92. The van der Waals surface area contributed by atoms with Gasteiger partial charge in [-0.2, -0.15) is 5.26 Å². The van der Waals surface area contributed by atoms with Gasteiger partial charge in [-0.1, -0.05) is 24.3 Å². The summed E-state index contributed by atoms with van der Waals surface area (Å²) >= 11 is 0. The van der Waals surface area contributed by atoms with Crippen LogP contribution in [0.2, 0.25) is 0 Å². The van der Waals surface area contributed by atoms with Gasteiger partial charge in [-0.15, -0.1) is 0 Å². The molecule has 3 N–H and O–H groups in total. The maximum absolute atomic E-state index is 9.91. The Hall–Kier alpha value is -1.41. The summed E-state index contributed by atoms with van der Waals surface area (Å²) in [6.45, 7) is 2.10. The van der Waals surface area contributed by atoms with Gasteiger partial charge in [-0.05, 0) is 43.0 Å². The van der Waals surface area contributed by atoms with Crippen LogP contribution in [0.3, 0.4) is 0 Å². The van der Waals surface area contributed by atoms with E-state index in [1.165, 1.54) is 5.56 Å². The van der Waals surface area contributed by atoms with Crippen molar-refractivity contribution in [3.8, 4) is 6.07 Å². The number of hydrogen-bond donors (Lipinski definition) is 3. The maximum Gasteiger partial charge on any atom is 0.106 e. The largest absolute Gasteiger partial charge is 0.389 e. The van der Waals surface area contributed by atoms with Crippen molar-refractivity contribution < 1.29 is 10.2 Å². The summed E-state index contributed by atoms with van der Waals surface area (Å²) in [6, 6.07) is 9.61. The molecule has 19 heavy (non-hydrogen) atoms. The summed E-state index contributed by atoms with van der Waals surface area (Å²) in [5.41, 5.74) is 1.95. The first-order valence-corrected chi connectivity index (χ1v) is 6.76. The average Bonchev–Trinajstić information content (AvgIpc) is 2.48. The van der Waals surface area contributed by atoms with Gasteiger partial charge >= 0.3 is 0 Å². The van der Waals surface area contributed by atoms with Crippen molar-refractivity contribution >= 4 is 0 Å². The Bertz CT molecular complexity index is 432. The van der Waals surface area contributed by atoms with Crippen LogP contribution in [0.5, 0.6) is 0 Å². The molecule has 1 aliphatic heterocycles. The van der Waals surface area contributed by atoms with E-state index in [9.17, 15) is 10.2 Å². The minimum absolute atomic E-state index is 0.0583. The Balaban J connectivity index is 2.03. The zero-order valence-corrected chi connectivity index (χ0v) is 10.9. The van der Waals surface area contributed by atoms with Crippen LogP contribution in [0.25, 0.3) is 0 Å². The normalized spacial score (nSPS) is 19.6. The molecule has 4 nitrogen and oxygen atoms in total. The van der Waals surface area contributed by atoms with Crippen LogP contribution in [0.15, 0.2) is 24.3 Å². The van der Waals surface area contributed by atoms with E-state index in [-0.39, 0.29) is 6.42 Å². The van der Waals surface area contributed by atoms with E-state index >= 15 is 0 Å². The van der Waals surface area contributed by atoms with E-state index in [0.717, 1.165) is 25.9 Å². The Morgan fingerprint density at radius 1 is 1.21 bits per heavy atom. The highest BCUT2D eigenvalue weighted by atomic mass is 16.3. The molecule has 0 aliphatic carbocycles. The lowest BCUT2D eigenvalue weighted by molar-refractivity contribution is 0.0216. The third kappa shape index (κ3) is 3.54. The maximum atomic E-state index is 9.91. The van der Waals surface area contributed by atoms with Crippen molar-refractivity contribution in [2.24, 2.45) is 0 Å². The smallest absolute Gasteiger partial charge is 0.106 e. The first kappa shape index (κ1) is 14.0. The fraction of sp³-hybridized carbons (Fsp3) is 0.533. The third-order valence-electron chi connectivity index (χ3n) is 3.75. The molecule has 1 aliphatic rings. The number of aliphatic hydroxyl groups is 2. The van der Waals surface area contributed by atoms with Gasteiger partial charge in [-0.25, -0.2) is 0 Å². The molecule has 0 bridgehead atoms. The summed E-state index contributed by atoms with van der Waals surface area (Å²) in [5.74, 6) is 0.580. The average molecular weight is 260 g/mol. The van der Waals surface area contributed by atoms with Crippen molar-refractivity contribution in [1.29, 1.82) is 5.26 Å². The lowest BCUT2D eigenvalue weighted by Crippen LogP contribution is -2.26. The van der Waals surface area contributed by atoms with Crippen LogP contribution in [-0.2, 0) is 0 Å². The lowest BCUT2D eigenvalue weighted by atomic mass is 9.89. The van der Waals surface area contributed by atoms with Crippen LogP contribution in [0.1, 0.15) is 42.4 Å². The Labute approximate surface area is 113 Å². The first-order valence-electron chi connectivity index (χ1n) is 6.76. The lowest BCUT2D eigenvalue weighted by Gasteiger charge is -2.23. The molecular formula is C15H20N2O2. The number of hydrogen-bond acceptors (Lipinski definition) is 4. The molecule has 0 aromatic heterocycles. The van der Waals surface area contributed by atoms with Gasteiger partial charge in [-0.3, -0.25) is 0 Å². The van der Waals surface area contributed by atoms with Crippen molar-refractivity contribution in [3.05, 3.63) is 35.4 Å². The van der Waals surface area contributed by atoms with E-state index in [4.69, 9.17) is 5.26 Å². The van der Waals surface area contributed by atoms with Crippen molar-refractivity contribution in [3.63, 3.8) is 0 Å². The molecule has 2 atom stereocenters. The summed E-state index contributed by atoms with van der Waals surface area (Å²) < 4.78 is 0. The Morgan fingerprint density at radius 2 is 1.84 bits per heavy atom. The van der Waals surface area contributed by atoms with Crippen LogP contribution >= 0.6 is 0 Å². The van der Waals surface area contributed by atoms with E-state index in [2.05, 4.69) is 5.32 Å². The molecular weight excluding hydrogens is 240 g/mol. The van der Waals surface area contributed by atoms with Gasteiger partial charge in [0.15, 0.2) is 0 Å². The second kappa shape index (κ2) is 6.67. The zero-order chi connectivity index (χ0) is 13.7. The molecule has 1 saturated heterocycles. The van der Waals surface area contributed by atoms with Crippen molar-refractivity contribution in [1.82, 2.24) is 5.32 Å². The molecule has 2 rings (SSSR count). The number of nitrogens with zero attached hydrogens (tertiary/aromatic N) is 1. The summed E-state index contributed by atoms with van der Waals surface area (Å²) in [7, 11) is 0. The van der Waals surface area contributed by atoms with Crippen LogP contribution in [0, 0.1) is 11.3 Å². The molecule has 1 aromatic rings. The standard InChI is InChI=1S/C15H20N2O2/c16-8-5-14(18)15(19)13-3-1-11(2-4-13)12-6-9-17-10-7-12/h1-4,12,14-15,17-19H,5-7,9-10H2. The fourth-order valence-corrected chi connectivity index (χ4v) is 2.55. The highest BCUT2D eigenvalue weighted by molar-refractivity contribution is 5.27. The number of rotatable bonds is 4. The van der Waals surface area contributed by atoms with Gasteiger partial charge in [0.1, 0.15) is 6.10 Å². The molecule has 0 spiro atoms. The SMILES string of the molecule is N#CCC(O)C(O)c1ccc(C2CCNCC2)cc1. The van der Waals surface area contributed by atoms with Crippen LogP contribution < -0.4 is 5.32 Å². The topological polar surface area (TPSA) is 76.3 Å². The van der Waals surface area contributed by atoms with Gasteiger partial charge in [0, 0.05) is 0 Å². The Morgan fingerprint density at radius 3 is 2.42 bits per heavy atom. The molecule has 1 fully saturated rings. The summed E-state index contributed by atoms with van der Waals surface area (Å²) in [6.07, 6.45) is 0.214. The summed E-state index contributed by atoms with van der Waals surface area (Å²) in [4.78, 5) is 0. The minimum Gasteiger partial charge on any atom is -0.389 e. The predicted molar refractivity (Wildman–Crippen MR) is 72.5 cm³/mol. The highest BCUT2D eigenvalue weighted by Gasteiger charge is 2.19. The van der Waals surface area contributed by atoms with E-state index in [1.54, 1.807) is 0 Å². The monoisotopic (exact) mass is 260 g/mol. The molecule has 1 aromatic carbocycles. The second-order valence-electron chi connectivity index (χ2n) is 5.07. The number of nitrogens with one attached hydrogen (secondary N) is 1. The quantitative estimate of drug-likeness (QED) is 0.766. The molecule has 0 amide bonds. The van der Waals surface area contributed by atoms with Gasteiger partial charge in [0.2, 0.25) is 0 Å². The molecule has 0 radical (unpaired) electrons. The van der Waals surface area contributed by atoms with Crippen molar-refractivity contribution in [2.45, 2.75) is 37.4 Å². The van der Waals surface area contributed by atoms with E-state index in [0.29, 0.717) is 11.5 Å². The minimum atomic E-state index is -1.02. The molecule has 2 unspecified atom stereocenters. The van der Waals surface area contributed by atoms with Gasteiger partial charge < -0.3 is 15.5 Å². The molecule has 102 valence electrons. The van der Waals surface area contributed by atoms with Crippen LogP contribution in [-0.4, -0.2) is 29.4 Å². The van der Waals surface area contributed by atoms with Crippen LogP contribution in [0.4, 0.5) is 0 Å². The number of nitriles is 1. The molecule has 1 heterocycles. The van der Waals surface area contributed by atoms with E-state index in [1.807, 2.05) is 30.3 Å². The van der Waals surface area contributed by atoms with Crippen molar-refractivity contribution in [2.75, 3.05) is 13.1 Å². The first-order chi connectivity index (χ1) is 9.22. The fourth-order valence-electron chi connectivity index (χ4n) is 2.55. The highest BCUT2D eigenvalue weighted by Crippen LogP contribution is 2.27. The van der Waals surface area contributed by atoms with Gasteiger partial charge in [0.05, 0.1) is 18.6 Å². The predicted octanol–water partition coefficient (Wildman–Crippen LogP) is 1.46. The molecule has 0 saturated carbocycles. The summed E-state index contributed by atoms with van der Waals surface area (Å²) in [5, 5.41) is 31.4. The number of benzene rings is 1. The van der Waals surface area contributed by atoms with E-state index < -0.39 is 12.2 Å². The number of aliphatic hydroxyl groups excluding tert-OH is 2. The second-order valence-corrected chi connectivity index (χ2v) is 5.07. The van der Waals surface area contributed by atoms with Gasteiger partial charge in [0.25, 0.3) is 0 Å². The third-order valence-corrected chi connectivity index (χ3v) is 3.75. The zero-order valence-electron chi connectivity index (χ0n) is 10.9.